The molecular formula is C19H27NO. The average Bonchev–Trinajstić information content (AvgIpc) is 2.85. The van der Waals surface area contributed by atoms with Crippen LogP contribution in [0.25, 0.3) is 0 Å². The largest absolute Gasteiger partial charge is 0.464 e. The number of nitrogens with one attached hydrogen (secondary N) is 1. The van der Waals surface area contributed by atoms with E-state index in [2.05, 4.69) is 63.3 Å². The Hall–Kier alpha value is -1.54. The van der Waals surface area contributed by atoms with Gasteiger partial charge in [-0.2, -0.15) is 0 Å². The minimum absolute atomic E-state index is 0.132. The zero-order chi connectivity index (χ0) is 15.5. The quantitative estimate of drug-likeness (QED) is 0.838. The van der Waals surface area contributed by atoms with Gasteiger partial charge in [-0.15, -0.1) is 0 Å². The van der Waals surface area contributed by atoms with Crippen molar-refractivity contribution < 1.29 is 4.42 Å². The summed E-state index contributed by atoms with van der Waals surface area (Å²) in [6.45, 7) is 11.9. The van der Waals surface area contributed by atoms with Gasteiger partial charge < -0.3 is 9.73 Å². The predicted octanol–water partition coefficient (Wildman–Crippen LogP) is 4.97. The summed E-state index contributed by atoms with van der Waals surface area (Å²) in [4.78, 5) is 0. The Balaban J connectivity index is 2.28. The molecular weight excluding hydrogens is 258 g/mol. The third-order valence-electron chi connectivity index (χ3n) is 3.75. The van der Waals surface area contributed by atoms with Gasteiger partial charge in [0.15, 0.2) is 0 Å². The highest BCUT2D eigenvalue weighted by molar-refractivity contribution is 5.32. The van der Waals surface area contributed by atoms with Gasteiger partial charge in [0.25, 0.3) is 0 Å². The van der Waals surface area contributed by atoms with Crippen LogP contribution >= 0.6 is 0 Å². The van der Waals surface area contributed by atoms with Crippen LogP contribution in [0.15, 0.2) is 40.8 Å². The van der Waals surface area contributed by atoms with Crippen molar-refractivity contribution in [2.24, 2.45) is 0 Å². The molecule has 21 heavy (non-hydrogen) atoms. The van der Waals surface area contributed by atoms with Gasteiger partial charge in [0.2, 0.25) is 0 Å². The second kappa shape index (κ2) is 6.48. The van der Waals surface area contributed by atoms with Crippen LogP contribution in [0, 0.1) is 6.92 Å². The highest BCUT2D eigenvalue weighted by Gasteiger charge is 2.18. The lowest BCUT2D eigenvalue weighted by Crippen LogP contribution is -2.23. The van der Waals surface area contributed by atoms with Crippen molar-refractivity contribution in [2.75, 3.05) is 6.54 Å². The lowest BCUT2D eigenvalue weighted by Gasteiger charge is -2.21. The molecule has 1 aromatic carbocycles. The second-order valence-electron chi connectivity index (χ2n) is 6.71. The first kappa shape index (κ1) is 15.8. The molecule has 1 atom stereocenters. The average molecular weight is 285 g/mol. The molecule has 1 aromatic heterocycles. The molecule has 0 bridgehead atoms. The molecule has 0 aliphatic carbocycles. The fourth-order valence-corrected chi connectivity index (χ4v) is 2.46. The normalized spacial score (nSPS) is 13.4. The molecule has 0 saturated heterocycles. The first-order valence-electron chi connectivity index (χ1n) is 7.82. The number of hydrogen-bond donors (Lipinski definition) is 1. The Morgan fingerprint density at radius 2 is 1.71 bits per heavy atom. The summed E-state index contributed by atoms with van der Waals surface area (Å²) in [6.07, 6.45) is 1.11. The fraction of sp³-hybridized carbons (Fsp3) is 0.474. The van der Waals surface area contributed by atoms with Crippen molar-refractivity contribution in [1.82, 2.24) is 5.32 Å². The van der Waals surface area contributed by atoms with Crippen molar-refractivity contribution in [1.29, 1.82) is 0 Å². The molecule has 0 spiro atoms. The molecule has 2 nitrogen and oxygen atoms in total. The van der Waals surface area contributed by atoms with Crippen LogP contribution in [0.2, 0.25) is 0 Å². The van der Waals surface area contributed by atoms with Gasteiger partial charge in [-0.3, -0.25) is 0 Å². The van der Waals surface area contributed by atoms with E-state index in [9.17, 15) is 0 Å². The minimum atomic E-state index is 0.132. The van der Waals surface area contributed by atoms with Gasteiger partial charge in [-0.25, -0.2) is 0 Å². The summed E-state index contributed by atoms with van der Waals surface area (Å²) < 4.78 is 5.83. The monoisotopic (exact) mass is 285 g/mol. The molecule has 0 saturated carbocycles. The van der Waals surface area contributed by atoms with Crippen LogP contribution < -0.4 is 5.32 Å². The molecule has 1 unspecified atom stereocenters. The third-order valence-corrected chi connectivity index (χ3v) is 3.75. The minimum Gasteiger partial charge on any atom is -0.464 e. The summed E-state index contributed by atoms with van der Waals surface area (Å²) in [5, 5.41) is 3.58. The zero-order valence-electron chi connectivity index (χ0n) is 13.9. The molecule has 1 N–H and O–H groups in total. The lowest BCUT2D eigenvalue weighted by atomic mass is 9.86. The molecule has 0 aliphatic heterocycles. The smallest absolute Gasteiger partial charge is 0.125 e. The molecule has 2 aromatic rings. The number of rotatable bonds is 5. The van der Waals surface area contributed by atoms with E-state index < -0.39 is 0 Å². The predicted molar refractivity (Wildman–Crippen MR) is 88.7 cm³/mol. The Bertz CT molecular complexity index is 560. The van der Waals surface area contributed by atoms with Crippen molar-refractivity contribution in [3.63, 3.8) is 0 Å². The first-order valence-corrected chi connectivity index (χ1v) is 7.82. The van der Waals surface area contributed by atoms with Gasteiger partial charge >= 0.3 is 0 Å². The van der Waals surface area contributed by atoms with Crippen LogP contribution in [0.4, 0.5) is 0 Å². The number of benzene rings is 1. The summed E-state index contributed by atoms with van der Waals surface area (Å²) in [5.74, 6) is 1.95. The van der Waals surface area contributed by atoms with Crippen LogP contribution in [0.3, 0.4) is 0 Å². The number of furan rings is 1. The fourth-order valence-electron chi connectivity index (χ4n) is 2.46. The van der Waals surface area contributed by atoms with Gasteiger partial charge in [0.1, 0.15) is 11.5 Å². The molecule has 2 rings (SSSR count). The molecule has 0 radical (unpaired) electrons. The molecule has 2 heteroatoms. The maximum Gasteiger partial charge on any atom is 0.125 e. The SMILES string of the molecule is CCCNC(c1ccc(C(C)(C)C)cc1)c1ccc(C)o1. The van der Waals surface area contributed by atoms with Gasteiger partial charge in [-0.1, -0.05) is 52.0 Å². The van der Waals surface area contributed by atoms with Gasteiger partial charge in [0.05, 0.1) is 6.04 Å². The van der Waals surface area contributed by atoms with Crippen LogP contribution in [-0.2, 0) is 5.41 Å². The van der Waals surface area contributed by atoms with E-state index in [1.807, 2.05) is 13.0 Å². The number of hydrogen-bond acceptors (Lipinski definition) is 2. The van der Waals surface area contributed by atoms with Crippen LogP contribution in [-0.4, -0.2) is 6.54 Å². The Morgan fingerprint density at radius 3 is 2.19 bits per heavy atom. The van der Waals surface area contributed by atoms with Crippen LogP contribution in [0.1, 0.15) is 62.8 Å². The van der Waals surface area contributed by atoms with Crippen molar-refractivity contribution in [2.45, 2.75) is 52.5 Å². The van der Waals surface area contributed by atoms with E-state index in [1.54, 1.807) is 0 Å². The van der Waals surface area contributed by atoms with E-state index in [0.29, 0.717) is 0 Å². The Kier molecular flexibility index (Phi) is 4.89. The standard InChI is InChI=1S/C19H27NO/c1-6-13-20-18(17-12-7-14(2)21-17)15-8-10-16(11-9-15)19(3,4)5/h7-12,18,20H,6,13H2,1-5H3. The van der Waals surface area contributed by atoms with Gasteiger partial charge in [0, 0.05) is 0 Å². The van der Waals surface area contributed by atoms with E-state index in [0.717, 1.165) is 24.5 Å². The summed E-state index contributed by atoms with van der Waals surface area (Å²) in [6, 6.07) is 13.1. The lowest BCUT2D eigenvalue weighted by molar-refractivity contribution is 0.430. The van der Waals surface area contributed by atoms with Crippen molar-refractivity contribution >= 4 is 0 Å². The van der Waals surface area contributed by atoms with E-state index in [4.69, 9.17) is 4.42 Å². The van der Waals surface area contributed by atoms with Crippen LogP contribution in [0.5, 0.6) is 0 Å². The van der Waals surface area contributed by atoms with Gasteiger partial charge in [-0.05, 0) is 48.6 Å². The first-order chi connectivity index (χ1) is 9.91. The molecule has 114 valence electrons. The molecule has 0 amide bonds. The van der Waals surface area contributed by atoms with E-state index >= 15 is 0 Å². The molecule has 1 heterocycles. The highest BCUT2D eigenvalue weighted by Crippen LogP contribution is 2.27. The molecule has 0 fully saturated rings. The third kappa shape index (κ3) is 3.98. The Morgan fingerprint density at radius 1 is 1.05 bits per heavy atom. The number of aryl methyl sites for hydroxylation is 1. The summed E-state index contributed by atoms with van der Waals surface area (Å²) in [7, 11) is 0. The van der Waals surface area contributed by atoms with E-state index in [-0.39, 0.29) is 11.5 Å². The zero-order valence-corrected chi connectivity index (χ0v) is 13.9. The highest BCUT2D eigenvalue weighted by atomic mass is 16.3. The Labute approximate surface area is 128 Å². The maximum absolute atomic E-state index is 5.83. The summed E-state index contributed by atoms with van der Waals surface area (Å²) in [5.41, 5.74) is 2.80. The molecule has 0 aliphatic rings. The van der Waals surface area contributed by atoms with Crippen molar-refractivity contribution in [3.05, 3.63) is 59.0 Å². The van der Waals surface area contributed by atoms with E-state index in [1.165, 1.54) is 11.1 Å². The topological polar surface area (TPSA) is 25.2 Å². The maximum atomic E-state index is 5.83. The van der Waals surface area contributed by atoms with Crippen molar-refractivity contribution in [3.8, 4) is 0 Å². The second-order valence-corrected chi connectivity index (χ2v) is 6.71. The summed E-state index contributed by atoms with van der Waals surface area (Å²) >= 11 is 0.